The molecule has 1 amide bonds. The Morgan fingerprint density at radius 1 is 1.23 bits per heavy atom. The van der Waals surface area contributed by atoms with E-state index in [0.717, 1.165) is 13.1 Å². The summed E-state index contributed by atoms with van der Waals surface area (Å²) in [6, 6.07) is 10.6. The molecule has 0 saturated carbocycles. The molecule has 0 unspecified atom stereocenters. The number of carbonyl (C=O) groups excluding carboxylic acids is 1. The summed E-state index contributed by atoms with van der Waals surface area (Å²) in [7, 11) is 0. The second-order valence-electron chi connectivity index (χ2n) is 6.46. The summed E-state index contributed by atoms with van der Waals surface area (Å²) >= 11 is 0. The summed E-state index contributed by atoms with van der Waals surface area (Å²) in [5, 5.41) is 14.8. The molecule has 2 aromatic carbocycles. The normalized spacial score (nSPS) is 13.8. The second kappa shape index (κ2) is 7.45. The molecule has 0 atom stereocenters. The van der Waals surface area contributed by atoms with E-state index in [1.165, 1.54) is 34.5 Å². The number of carbonyl (C=O) groups is 1. The topological polar surface area (TPSA) is 87.8 Å². The van der Waals surface area contributed by atoms with E-state index in [1.807, 2.05) is 4.90 Å². The molecule has 2 aromatic rings. The van der Waals surface area contributed by atoms with Gasteiger partial charge in [-0.3, -0.25) is 19.8 Å². The van der Waals surface area contributed by atoms with Gasteiger partial charge in [-0.05, 0) is 42.2 Å². The monoisotopic (exact) mass is 352 g/mol. The predicted molar refractivity (Wildman–Crippen MR) is 98.9 cm³/mol. The molecule has 0 spiro atoms. The molecule has 1 N–H and O–H groups in total. The Balaban J connectivity index is 1.57. The van der Waals surface area contributed by atoms with Gasteiger partial charge < -0.3 is 0 Å². The van der Waals surface area contributed by atoms with Crippen molar-refractivity contribution in [2.45, 2.75) is 26.9 Å². The van der Waals surface area contributed by atoms with Crippen LogP contribution in [0.25, 0.3) is 0 Å². The molecular weight excluding hydrogens is 332 g/mol. The van der Waals surface area contributed by atoms with Crippen LogP contribution in [0.5, 0.6) is 0 Å². The first kappa shape index (κ1) is 17.8. The Bertz CT molecular complexity index is 861. The highest BCUT2D eigenvalue weighted by atomic mass is 16.6. The van der Waals surface area contributed by atoms with Gasteiger partial charge in [-0.15, -0.1) is 0 Å². The quantitative estimate of drug-likeness (QED) is 0.509. The van der Waals surface area contributed by atoms with Crippen LogP contribution in [-0.2, 0) is 17.9 Å². The summed E-state index contributed by atoms with van der Waals surface area (Å²) in [6.45, 7) is 5.86. The number of hydrazone groups is 1. The molecule has 7 heteroatoms. The number of rotatable bonds is 5. The van der Waals surface area contributed by atoms with Gasteiger partial charge in [0.15, 0.2) is 0 Å². The minimum atomic E-state index is -0.478. The average molecular weight is 352 g/mol. The van der Waals surface area contributed by atoms with Crippen molar-refractivity contribution in [1.82, 2.24) is 10.3 Å². The van der Waals surface area contributed by atoms with Crippen LogP contribution in [0.3, 0.4) is 0 Å². The van der Waals surface area contributed by atoms with Crippen molar-refractivity contribution in [3.63, 3.8) is 0 Å². The predicted octanol–water partition coefficient (Wildman–Crippen LogP) is 2.68. The smallest absolute Gasteiger partial charge is 0.278 e. The molecule has 0 aliphatic carbocycles. The number of nitro benzene ring substituents is 1. The zero-order chi connectivity index (χ0) is 18.7. The van der Waals surface area contributed by atoms with E-state index < -0.39 is 4.92 Å². The number of benzene rings is 2. The molecule has 0 saturated heterocycles. The van der Waals surface area contributed by atoms with Crippen LogP contribution in [0.2, 0.25) is 0 Å². The maximum Gasteiger partial charge on any atom is 0.278 e. The lowest BCUT2D eigenvalue weighted by molar-refractivity contribution is -0.385. The highest BCUT2D eigenvalue weighted by molar-refractivity contribution is 5.86. The molecule has 0 fully saturated rings. The van der Waals surface area contributed by atoms with Crippen molar-refractivity contribution >= 4 is 17.8 Å². The van der Waals surface area contributed by atoms with Gasteiger partial charge in [0, 0.05) is 19.2 Å². The SMILES string of the molecule is Cc1cc2c(cc1C)CN(CC(=O)N/N=C\c1ccccc1[N+](=O)[O-])C2. The summed E-state index contributed by atoms with van der Waals surface area (Å²) < 4.78 is 0. The molecule has 0 aromatic heterocycles. The molecule has 3 rings (SSSR count). The number of para-hydroxylation sites is 1. The molecule has 1 heterocycles. The van der Waals surface area contributed by atoms with Crippen molar-refractivity contribution in [2.24, 2.45) is 5.10 Å². The second-order valence-corrected chi connectivity index (χ2v) is 6.46. The number of fused-ring (bicyclic) bond motifs is 1. The summed E-state index contributed by atoms with van der Waals surface area (Å²) in [5.74, 6) is -0.249. The van der Waals surface area contributed by atoms with Gasteiger partial charge in [-0.25, -0.2) is 5.43 Å². The van der Waals surface area contributed by atoms with Crippen LogP contribution >= 0.6 is 0 Å². The van der Waals surface area contributed by atoms with Gasteiger partial charge in [0.2, 0.25) is 0 Å². The lowest BCUT2D eigenvalue weighted by atomic mass is 10.0. The van der Waals surface area contributed by atoms with E-state index in [4.69, 9.17) is 0 Å². The van der Waals surface area contributed by atoms with Crippen LogP contribution in [-0.4, -0.2) is 28.5 Å². The lowest BCUT2D eigenvalue weighted by Gasteiger charge is -2.12. The summed E-state index contributed by atoms with van der Waals surface area (Å²) in [4.78, 5) is 24.6. The van der Waals surface area contributed by atoms with Crippen LogP contribution < -0.4 is 5.43 Å². The summed E-state index contributed by atoms with van der Waals surface area (Å²) in [6.07, 6.45) is 1.29. The van der Waals surface area contributed by atoms with Gasteiger partial charge >= 0.3 is 0 Å². The van der Waals surface area contributed by atoms with Crippen LogP contribution in [0, 0.1) is 24.0 Å². The molecule has 134 valence electrons. The van der Waals surface area contributed by atoms with Gasteiger partial charge in [0.1, 0.15) is 0 Å². The fourth-order valence-electron chi connectivity index (χ4n) is 3.05. The van der Waals surface area contributed by atoms with E-state index in [0.29, 0.717) is 5.56 Å². The minimum Gasteiger partial charge on any atom is -0.286 e. The third-order valence-electron chi connectivity index (χ3n) is 4.50. The lowest BCUT2D eigenvalue weighted by Crippen LogP contribution is -2.32. The molecule has 0 radical (unpaired) electrons. The van der Waals surface area contributed by atoms with Gasteiger partial charge in [-0.1, -0.05) is 24.3 Å². The fraction of sp³-hybridized carbons (Fsp3) is 0.263. The Hall–Kier alpha value is -3.06. The van der Waals surface area contributed by atoms with E-state index >= 15 is 0 Å². The van der Waals surface area contributed by atoms with Crippen LogP contribution in [0.1, 0.15) is 27.8 Å². The minimum absolute atomic E-state index is 0.0498. The first-order valence-corrected chi connectivity index (χ1v) is 8.30. The van der Waals surface area contributed by atoms with Crippen molar-refractivity contribution in [3.8, 4) is 0 Å². The average Bonchev–Trinajstić information content (AvgIpc) is 2.96. The zero-order valence-corrected chi connectivity index (χ0v) is 14.7. The van der Waals surface area contributed by atoms with Crippen molar-refractivity contribution < 1.29 is 9.72 Å². The first-order chi connectivity index (χ1) is 12.4. The maximum absolute atomic E-state index is 12.1. The maximum atomic E-state index is 12.1. The number of nitrogens with zero attached hydrogens (tertiary/aromatic N) is 3. The fourth-order valence-corrected chi connectivity index (χ4v) is 3.05. The highest BCUT2D eigenvalue weighted by Crippen LogP contribution is 2.25. The Labute approximate surface area is 151 Å². The molecule has 0 bridgehead atoms. The Morgan fingerprint density at radius 3 is 2.46 bits per heavy atom. The van der Waals surface area contributed by atoms with Crippen molar-refractivity contribution in [2.75, 3.05) is 6.54 Å². The number of hydrogen-bond donors (Lipinski definition) is 1. The number of aryl methyl sites for hydroxylation is 2. The van der Waals surface area contributed by atoms with Crippen molar-refractivity contribution in [3.05, 3.63) is 74.3 Å². The van der Waals surface area contributed by atoms with Crippen molar-refractivity contribution in [1.29, 1.82) is 0 Å². The Morgan fingerprint density at radius 2 is 1.85 bits per heavy atom. The zero-order valence-electron chi connectivity index (χ0n) is 14.7. The molecular formula is C19H20N4O3. The van der Waals surface area contributed by atoms with E-state index in [9.17, 15) is 14.9 Å². The van der Waals surface area contributed by atoms with Crippen LogP contribution in [0.15, 0.2) is 41.5 Å². The molecule has 1 aliphatic rings. The molecule has 1 aliphatic heterocycles. The molecule has 26 heavy (non-hydrogen) atoms. The van der Waals surface area contributed by atoms with Gasteiger partial charge in [-0.2, -0.15) is 5.10 Å². The van der Waals surface area contributed by atoms with E-state index in [1.54, 1.807) is 18.2 Å². The van der Waals surface area contributed by atoms with Gasteiger partial charge in [0.25, 0.3) is 11.6 Å². The Kier molecular flexibility index (Phi) is 5.09. The number of nitrogens with one attached hydrogen (secondary N) is 1. The summed E-state index contributed by atoms with van der Waals surface area (Å²) in [5.41, 5.74) is 7.75. The molecule has 7 nitrogen and oxygen atoms in total. The number of nitro groups is 1. The number of hydrogen-bond acceptors (Lipinski definition) is 5. The van der Waals surface area contributed by atoms with Gasteiger partial charge in [0.05, 0.1) is 23.2 Å². The standard InChI is InChI=1S/C19H20N4O3/c1-13-7-16-10-22(11-17(16)8-14(13)2)12-19(24)21-20-9-15-5-3-4-6-18(15)23(25)26/h3-9H,10-12H2,1-2H3,(H,21,24)/b20-9-. The van der Waals surface area contributed by atoms with E-state index in [2.05, 4.69) is 36.5 Å². The highest BCUT2D eigenvalue weighted by Gasteiger charge is 2.21. The third-order valence-corrected chi connectivity index (χ3v) is 4.50. The van der Waals surface area contributed by atoms with E-state index in [-0.39, 0.29) is 18.1 Å². The largest absolute Gasteiger partial charge is 0.286 e. The van der Waals surface area contributed by atoms with Crippen LogP contribution in [0.4, 0.5) is 5.69 Å². The number of amides is 1. The third kappa shape index (κ3) is 3.94. The first-order valence-electron chi connectivity index (χ1n) is 8.30.